The maximum absolute atomic E-state index is 13.2. The molecule has 0 saturated carbocycles. The summed E-state index contributed by atoms with van der Waals surface area (Å²) < 4.78 is 26.0. The van der Waals surface area contributed by atoms with E-state index in [1.807, 2.05) is 12.0 Å². The van der Waals surface area contributed by atoms with Gasteiger partial charge in [0.05, 0.1) is 0 Å². The number of rotatable bonds is 4. The Bertz CT molecular complexity index is 391. The fourth-order valence-corrected chi connectivity index (χ4v) is 1.25. The number of anilines is 1. The van der Waals surface area contributed by atoms with Crippen molar-refractivity contribution < 1.29 is 8.78 Å². The number of unbranched alkanes of at least 4 members (excludes halogenated alkanes) is 1. The Morgan fingerprint density at radius 3 is 2.73 bits per heavy atom. The summed E-state index contributed by atoms with van der Waals surface area (Å²) in [4.78, 5) is 12.6. The van der Waals surface area contributed by atoms with Crippen LogP contribution in [0.2, 0.25) is 0 Å². The van der Waals surface area contributed by atoms with Crippen molar-refractivity contribution in [1.29, 1.82) is 0 Å². The van der Waals surface area contributed by atoms with Gasteiger partial charge in [-0.3, -0.25) is 4.79 Å². The zero-order valence-electron chi connectivity index (χ0n) is 8.68. The number of nitrogens with one attached hydrogen (secondary N) is 1. The van der Waals surface area contributed by atoms with Gasteiger partial charge in [0.1, 0.15) is 5.69 Å². The highest BCUT2D eigenvalue weighted by Gasteiger charge is 2.17. The molecule has 1 aromatic heterocycles. The first-order valence-electron chi connectivity index (χ1n) is 4.72. The molecule has 0 spiro atoms. The van der Waals surface area contributed by atoms with Crippen LogP contribution in [0.25, 0.3) is 0 Å². The summed E-state index contributed by atoms with van der Waals surface area (Å²) in [6.45, 7) is 2.47. The van der Waals surface area contributed by atoms with Crippen molar-refractivity contribution in [3.05, 3.63) is 22.1 Å². The lowest BCUT2D eigenvalue weighted by atomic mass is 10.3. The van der Waals surface area contributed by atoms with E-state index in [9.17, 15) is 13.6 Å². The Hall–Kier alpha value is -1.46. The van der Waals surface area contributed by atoms with E-state index >= 15 is 0 Å². The van der Waals surface area contributed by atoms with Gasteiger partial charge in [-0.25, -0.2) is 5.10 Å². The summed E-state index contributed by atoms with van der Waals surface area (Å²) in [5, 5.41) is 4.80. The smallest absolute Gasteiger partial charge is 0.290 e. The summed E-state index contributed by atoms with van der Waals surface area (Å²) in [5.74, 6) is -2.48. The summed E-state index contributed by atoms with van der Waals surface area (Å²) in [6, 6.07) is 0. The Labute approximate surface area is 85.9 Å². The number of aromatic nitrogens is 2. The summed E-state index contributed by atoms with van der Waals surface area (Å²) in [7, 11) is 1.54. The molecule has 4 nitrogen and oxygen atoms in total. The van der Waals surface area contributed by atoms with Crippen LogP contribution in [0, 0.1) is 11.8 Å². The third-order valence-electron chi connectivity index (χ3n) is 2.09. The zero-order valence-corrected chi connectivity index (χ0v) is 8.68. The quantitative estimate of drug-likeness (QED) is 0.826. The average molecular weight is 217 g/mol. The molecule has 1 heterocycles. The van der Waals surface area contributed by atoms with Crippen LogP contribution < -0.4 is 10.5 Å². The third-order valence-corrected chi connectivity index (χ3v) is 2.09. The molecule has 0 bridgehead atoms. The molecule has 0 aliphatic carbocycles. The largest absolute Gasteiger partial charge is 0.368 e. The number of aromatic amines is 1. The van der Waals surface area contributed by atoms with Crippen molar-refractivity contribution in [2.45, 2.75) is 19.8 Å². The van der Waals surface area contributed by atoms with E-state index in [0.717, 1.165) is 12.8 Å². The number of hydrogen-bond acceptors (Lipinski definition) is 3. The molecule has 15 heavy (non-hydrogen) atoms. The van der Waals surface area contributed by atoms with Gasteiger partial charge in [-0.1, -0.05) is 13.3 Å². The van der Waals surface area contributed by atoms with E-state index in [0.29, 0.717) is 6.54 Å². The van der Waals surface area contributed by atoms with Crippen LogP contribution in [0.3, 0.4) is 0 Å². The molecule has 0 amide bonds. The van der Waals surface area contributed by atoms with Gasteiger partial charge >= 0.3 is 0 Å². The summed E-state index contributed by atoms with van der Waals surface area (Å²) in [5.41, 5.74) is -1.01. The van der Waals surface area contributed by atoms with Crippen LogP contribution in [-0.2, 0) is 0 Å². The zero-order chi connectivity index (χ0) is 11.4. The highest BCUT2D eigenvalue weighted by atomic mass is 19.2. The molecular formula is C9H13F2N3O. The van der Waals surface area contributed by atoms with Crippen molar-refractivity contribution >= 4 is 5.69 Å². The van der Waals surface area contributed by atoms with Crippen LogP contribution in [0.5, 0.6) is 0 Å². The van der Waals surface area contributed by atoms with Gasteiger partial charge < -0.3 is 4.90 Å². The topological polar surface area (TPSA) is 49.0 Å². The molecule has 0 aliphatic rings. The van der Waals surface area contributed by atoms with E-state index in [-0.39, 0.29) is 5.69 Å². The first-order chi connectivity index (χ1) is 7.07. The Kier molecular flexibility index (Phi) is 3.76. The first-order valence-corrected chi connectivity index (χ1v) is 4.72. The molecule has 0 aliphatic heterocycles. The van der Waals surface area contributed by atoms with Crippen molar-refractivity contribution in [3.63, 3.8) is 0 Å². The minimum absolute atomic E-state index is 0.295. The number of halogens is 2. The van der Waals surface area contributed by atoms with Gasteiger partial charge in [-0.2, -0.15) is 8.78 Å². The lowest BCUT2D eigenvalue weighted by Crippen LogP contribution is -2.28. The lowest BCUT2D eigenvalue weighted by molar-refractivity contribution is 0.461. The maximum atomic E-state index is 13.2. The fraction of sp³-hybridized carbons (Fsp3) is 0.556. The highest BCUT2D eigenvalue weighted by molar-refractivity contribution is 5.43. The molecule has 84 valence electrons. The molecule has 0 radical (unpaired) electrons. The fourth-order valence-electron chi connectivity index (χ4n) is 1.25. The SMILES string of the molecule is CCCCN(C)c1c(F)c(F)n[nH]c1=O. The van der Waals surface area contributed by atoms with Crippen LogP contribution in [0.4, 0.5) is 14.5 Å². The van der Waals surface area contributed by atoms with Gasteiger partial charge in [0.15, 0.2) is 0 Å². The monoisotopic (exact) mass is 217 g/mol. The van der Waals surface area contributed by atoms with E-state index in [1.54, 1.807) is 7.05 Å². The van der Waals surface area contributed by atoms with Gasteiger partial charge in [-0.15, -0.1) is 5.10 Å². The van der Waals surface area contributed by atoms with E-state index in [2.05, 4.69) is 5.10 Å². The number of H-pyrrole nitrogens is 1. The first kappa shape index (κ1) is 11.6. The van der Waals surface area contributed by atoms with Crippen LogP contribution in [0.15, 0.2) is 4.79 Å². The molecule has 0 atom stereocenters. The molecule has 0 aromatic carbocycles. The molecular weight excluding hydrogens is 204 g/mol. The van der Waals surface area contributed by atoms with Crippen molar-refractivity contribution in [2.75, 3.05) is 18.5 Å². The second-order valence-corrected chi connectivity index (χ2v) is 3.28. The third kappa shape index (κ3) is 2.51. The minimum Gasteiger partial charge on any atom is -0.368 e. The maximum Gasteiger partial charge on any atom is 0.290 e. The predicted octanol–water partition coefficient (Wildman–Crippen LogP) is 1.28. The van der Waals surface area contributed by atoms with Gasteiger partial charge in [0.2, 0.25) is 5.82 Å². The lowest BCUT2D eigenvalue weighted by Gasteiger charge is -2.17. The number of hydrogen-bond donors (Lipinski definition) is 1. The van der Waals surface area contributed by atoms with E-state index < -0.39 is 17.3 Å². The number of nitrogens with zero attached hydrogens (tertiary/aromatic N) is 2. The van der Waals surface area contributed by atoms with Gasteiger partial charge in [0.25, 0.3) is 11.5 Å². The van der Waals surface area contributed by atoms with E-state index in [4.69, 9.17) is 0 Å². The molecule has 1 N–H and O–H groups in total. The van der Waals surface area contributed by atoms with E-state index in [1.165, 1.54) is 4.90 Å². The molecule has 0 unspecified atom stereocenters. The van der Waals surface area contributed by atoms with Crippen molar-refractivity contribution in [1.82, 2.24) is 10.2 Å². The van der Waals surface area contributed by atoms with Crippen LogP contribution in [0.1, 0.15) is 19.8 Å². The molecule has 1 aromatic rings. The Balaban J connectivity index is 3.02. The molecule has 1 rings (SSSR count). The van der Waals surface area contributed by atoms with Crippen molar-refractivity contribution in [3.8, 4) is 0 Å². The van der Waals surface area contributed by atoms with Crippen LogP contribution >= 0.6 is 0 Å². The Morgan fingerprint density at radius 1 is 1.47 bits per heavy atom. The standard InChI is InChI=1S/C9H13F2N3O/c1-3-4-5-14(2)7-6(10)8(11)12-13-9(7)15/h3-5H2,1-2H3,(H,13,15). The van der Waals surface area contributed by atoms with Gasteiger partial charge in [0, 0.05) is 13.6 Å². The average Bonchev–Trinajstić information content (AvgIpc) is 2.21. The second kappa shape index (κ2) is 4.86. The normalized spacial score (nSPS) is 10.4. The summed E-state index contributed by atoms with van der Waals surface area (Å²) >= 11 is 0. The van der Waals surface area contributed by atoms with Gasteiger partial charge in [-0.05, 0) is 6.42 Å². The Morgan fingerprint density at radius 2 is 2.13 bits per heavy atom. The predicted molar refractivity (Wildman–Crippen MR) is 53.0 cm³/mol. The second-order valence-electron chi connectivity index (χ2n) is 3.28. The molecule has 0 fully saturated rings. The van der Waals surface area contributed by atoms with Crippen LogP contribution in [-0.4, -0.2) is 23.8 Å². The summed E-state index contributed by atoms with van der Waals surface area (Å²) in [6.07, 6.45) is 1.72. The molecule has 6 heteroatoms. The molecule has 0 saturated heterocycles. The minimum atomic E-state index is -1.28. The van der Waals surface area contributed by atoms with Crippen molar-refractivity contribution in [2.24, 2.45) is 0 Å². The highest BCUT2D eigenvalue weighted by Crippen LogP contribution is 2.13.